The first-order valence-electron chi connectivity index (χ1n) is 8.33. The predicted molar refractivity (Wildman–Crippen MR) is 104 cm³/mol. The van der Waals surface area contributed by atoms with Gasteiger partial charge in [0.15, 0.2) is 5.78 Å². The van der Waals surface area contributed by atoms with E-state index >= 15 is 0 Å². The molecule has 5 nitrogen and oxygen atoms in total. The Kier molecular flexibility index (Phi) is 5.42. The van der Waals surface area contributed by atoms with Crippen molar-refractivity contribution in [1.29, 1.82) is 0 Å². The number of carbonyl (C=O) groups is 1. The molecule has 0 amide bonds. The summed E-state index contributed by atoms with van der Waals surface area (Å²) in [5.74, 6) is 0.930. The summed E-state index contributed by atoms with van der Waals surface area (Å²) in [5.41, 5.74) is 2.69. The zero-order valence-electron chi connectivity index (χ0n) is 14.7. The highest BCUT2D eigenvalue weighted by molar-refractivity contribution is 6.06. The van der Waals surface area contributed by atoms with Gasteiger partial charge in [-0.3, -0.25) is 14.9 Å². The molecule has 0 saturated heterocycles. The smallest absolute Gasteiger partial charge is 0.269 e. The molecular weight excluding hydrogens is 342 g/mol. The lowest BCUT2D eigenvalue weighted by Crippen LogP contribution is -1.94. The molecule has 0 N–H and O–H groups in total. The molecule has 134 valence electrons. The van der Waals surface area contributed by atoms with Gasteiger partial charge in [0, 0.05) is 17.7 Å². The van der Waals surface area contributed by atoms with Gasteiger partial charge in [-0.25, -0.2) is 0 Å². The normalized spacial score (nSPS) is 10.7. The van der Waals surface area contributed by atoms with Gasteiger partial charge in [0.05, 0.1) is 4.92 Å². The largest absolute Gasteiger partial charge is 0.457 e. The maximum atomic E-state index is 12.3. The van der Waals surface area contributed by atoms with Crippen molar-refractivity contribution in [1.82, 2.24) is 0 Å². The summed E-state index contributed by atoms with van der Waals surface area (Å²) in [6.07, 6.45) is 3.32. The number of benzene rings is 3. The number of hydrogen-bond acceptors (Lipinski definition) is 4. The summed E-state index contributed by atoms with van der Waals surface area (Å²) in [6, 6.07) is 20.5. The highest BCUT2D eigenvalue weighted by Crippen LogP contribution is 2.24. The average Bonchev–Trinajstić information content (AvgIpc) is 2.68. The van der Waals surface area contributed by atoms with E-state index in [0.29, 0.717) is 17.1 Å². The maximum absolute atomic E-state index is 12.3. The fourth-order valence-corrected chi connectivity index (χ4v) is 2.40. The molecule has 0 bridgehead atoms. The van der Waals surface area contributed by atoms with Gasteiger partial charge < -0.3 is 4.74 Å². The van der Waals surface area contributed by atoms with Gasteiger partial charge in [0.25, 0.3) is 5.69 Å². The Morgan fingerprint density at radius 3 is 2.00 bits per heavy atom. The zero-order valence-corrected chi connectivity index (χ0v) is 14.7. The summed E-state index contributed by atoms with van der Waals surface area (Å²) in [4.78, 5) is 22.5. The molecular formula is C22H17NO4. The van der Waals surface area contributed by atoms with Crippen molar-refractivity contribution in [2.75, 3.05) is 0 Å². The Hall–Kier alpha value is -3.73. The lowest BCUT2D eigenvalue weighted by molar-refractivity contribution is -0.384. The second-order valence-electron chi connectivity index (χ2n) is 5.99. The number of nitro benzene ring substituents is 1. The summed E-state index contributed by atoms with van der Waals surface area (Å²) in [6.45, 7) is 2.01. The fraction of sp³-hybridized carbons (Fsp3) is 0.0455. The van der Waals surface area contributed by atoms with E-state index in [2.05, 4.69) is 0 Å². The number of carbonyl (C=O) groups excluding carboxylic acids is 1. The molecule has 0 radical (unpaired) electrons. The van der Waals surface area contributed by atoms with Gasteiger partial charge >= 0.3 is 0 Å². The second kappa shape index (κ2) is 8.10. The minimum absolute atomic E-state index is 0.00339. The zero-order chi connectivity index (χ0) is 19.2. The molecule has 5 heteroatoms. The van der Waals surface area contributed by atoms with Crippen LogP contribution in [-0.2, 0) is 0 Å². The molecule has 3 rings (SSSR count). The molecule has 0 atom stereocenters. The van der Waals surface area contributed by atoms with Gasteiger partial charge in [0.2, 0.25) is 0 Å². The number of nitrogens with zero attached hydrogens (tertiary/aromatic N) is 1. The number of aryl methyl sites for hydroxylation is 1. The van der Waals surface area contributed by atoms with E-state index in [1.54, 1.807) is 30.3 Å². The molecule has 0 saturated carbocycles. The SMILES string of the molecule is Cc1ccc(/C=C/C(=O)c2ccc(Oc3ccc([N+](=O)[O-])cc3)cc2)cc1. The molecule has 3 aromatic rings. The number of ketones is 1. The Balaban J connectivity index is 1.64. The van der Waals surface area contributed by atoms with Crippen LogP contribution in [0.15, 0.2) is 78.9 Å². The van der Waals surface area contributed by atoms with Crippen molar-refractivity contribution in [3.63, 3.8) is 0 Å². The number of ether oxygens (including phenoxy) is 1. The number of non-ortho nitro benzene ring substituents is 1. The maximum Gasteiger partial charge on any atom is 0.269 e. The van der Waals surface area contributed by atoms with Crippen molar-refractivity contribution in [2.45, 2.75) is 6.92 Å². The van der Waals surface area contributed by atoms with Crippen LogP contribution in [0, 0.1) is 17.0 Å². The molecule has 0 aromatic heterocycles. The van der Waals surface area contributed by atoms with Crippen molar-refractivity contribution in [3.05, 3.63) is 106 Å². The highest BCUT2D eigenvalue weighted by Gasteiger charge is 2.06. The Morgan fingerprint density at radius 2 is 1.44 bits per heavy atom. The molecule has 0 aliphatic rings. The number of nitro groups is 1. The number of allylic oxidation sites excluding steroid dienone is 1. The lowest BCUT2D eigenvalue weighted by atomic mass is 10.1. The van der Waals surface area contributed by atoms with E-state index in [0.717, 1.165) is 5.56 Å². The van der Waals surface area contributed by atoms with Crippen LogP contribution in [0.2, 0.25) is 0 Å². The van der Waals surface area contributed by atoms with Crippen LogP contribution in [0.4, 0.5) is 5.69 Å². The van der Waals surface area contributed by atoms with E-state index in [9.17, 15) is 14.9 Å². The molecule has 0 aliphatic carbocycles. The number of hydrogen-bond donors (Lipinski definition) is 0. The molecule has 3 aromatic carbocycles. The summed E-state index contributed by atoms with van der Waals surface area (Å²) in [7, 11) is 0. The molecule has 0 unspecified atom stereocenters. The molecule has 27 heavy (non-hydrogen) atoms. The van der Waals surface area contributed by atoms with Crippen LogP contribution in [0.5, 0.6) is 11.5 Å². The third-order valence-corrected chi connectivity index (χ3v) is 3.93. The standard InChI is InChI=1S/C22H17NO4/c1-16-2-4-17(5-3-16)6-15-22(24)18-7-11-20(12-8-18)27-21-13-9-19(10-14-21)23(25)26/h2-15H,1H3/b15-6+. The van der Waals surface area contributed by atoms with Crippen molar-refractivity contribution in [2.24, 2.45) is 0 Å². The van der Waals surface area contributed by atoms with Crippen LogP contribution in [-0.4, -0.2) is 10.7 Å². The van der Waals surface area contributed by atoms with Crippen molar-refractivity contribution >= 4 is 17.5 Å². The molecule has 0 fully saturated rings. The van der Waals surface area contributed by atoms with Gasteiger partial charge in [-0.2, -0.15) is 0 Å². The summed E-state index contributed by atoms with van der Waals surface area (Å²) >= 11 is 0. The van der Waals surface area contributed by atoms with Crippen LogP contribution in [0.25, 0.3) is 6.08 Å². The first kappa shape index (κ1) is 18.1. The van der Waals surface area contributed by atoms with E-state index in [-0.39, 0.29) is 11.5 Å². The lowest BCUT2D eigenvalue weighted by Gasteiger charge is -2.06. The highest BCUT2D eigenvalue weighted by atomic mass is 16.6. The first-order valence-corrected chi connectivity index (χ1v) is 8.33. The number of rotatable bonds is 6. The van der Waals surface area contributed by atoms with Crippen molar-refractivity contribution in [3.8, 4) is 11.5 Å². The van der Waals surface area contributed by atoms with E-state index in [1.165, 1.54) is 35.9 Å². The predicted octanol–water partition coefficient (Wildman–Crippen LogP) is 5.59. The van der Waals surface area contributed by atoms with Crippen LogP contribution in [0.3, 0.4) is 0 Å². The average molecular weight is 359 g/mol. The first-order chi connectivity index (χ1) is 13.0. The quantitative estimate of drug-likeness (QED) is 0.249. The van der Waals surface area contributed by atoms with Crippen molar-refractivity contribution < 1.29 is 14.5 Å². The van der Waals surface area contributed by atoms with Crippen LogP contribution < -0.4 is 4.74 Å². The minimum Gasteiger partial charge on any atom is -0.457 e. The third-order valence-electron chi connectivity index (χ3n) is 3.93. The van der Waals surface area contributed by atoms with Gasteiger partial charge in [0.1, 0.15) is 11.5 Å². The minimum atomic E-state index is -0.464. The van der Waals surface area contributed by atoms with Crippen LogP contribution in [0.1, 0.15) is 21.5 Å². The topological polar surface area (TPSA) is 69.4 Å². The van der Waals surface area contributed by atoms with E-state index in [4.69, 9.17) is 4.74 Å². The fourth-order valence-electron chi connectivity index (χ4n) is 2.40. The van der Waals surface area contributed by atoms with E-state index < -0.39 is 4.92 Å². The monoisotopic (exact) mass is 359 g/mol. The van der Waals surface area contributed by atoms with E-state index in [1.807, 2.05) is 31.2 Å². The third kappa shape index (κ3) is 4.89. The summed E-state index contributed by atoms with van der Waals surface area (Å²) in [5, 5.41) is 10.7. The Bertz CT molecular complexity index is 972. The van der Waals surface area contributed by atoms with Crippen LogP contribution >= 0.6 is 0 Å². The van der Waals surface area contributed by atoms with Gasteiger partial charge in [-0.05, 0) is 55.0 Å². The van der Waals surface area contributed by atoms with Gasteiger partial charge in [-0.1, -0.05) is 35.9 Å². The molecule has 0 spiro atoms. The second-order valence-corrected chi connectivity index (χ2v) is 5.99. The molecule has 0 aliphatic heterocycles. The summed E-state index contributed by atoms with van der Waals surface area (Å²) < 4.78 is 5.64. The Labute approximate surface area is 156 Å². The molecule has 0 heterocycles. The Morgan fingerprint density at radius 1 is 0.889 bits per heavy atom. The van der Waals surface area contributed by atoms with Gasteiger partial charge in [-0.15, -0.1) is 0 Å².